The molecule has 0 amide bonds. The second-order valence-corrected chi connectivity index (χ2v) is 7.94. The highest BCUT2D eigenvalue weighted by Crippen LogP contribution is 2.35. The highest BCUT2D eigenvalue weighted by Gasteiger charge is 2.35. The van der Waals surface area contributed by atoms with Crippen LogP contribution in [0.3, 0.4) is 0 Å². The van der Waals surface area contributed by atoms with Crippen LogP contribution in [0, 0.1) is 11.8 Å². The molecule has 1 saturated carbocycles. The lowest BCUT2D eigenvalue weighted by Crippen LogP contribution is -2.41. The summed E-state index contributed by atoms with van der Waals surface area (Å²) in [5, 5.41) is 3.52. The Kier molecular flexibility index (Phi) is 7.28. The van der Waals surface area contributed by atoms with Crippen molar-refractivity contribution in [3.05, 3.63) is 21.3 Å². The summed E-state index contributed by atoms with van der Waals surface area (Å²) in [4.78, 5) is 8.27. The molecule has 1 N–H and O–H groups in total. The fraction of sp³-hybridized carbons (Fsp3) is 0.688. The Morgan fingerprint density at radius 3 is 2.55 bits per heavy atom. The van der Waals surface area contributed by atoms with Crippen LogP contribution in [0.25, 0.3) is 0 Å². The monoisotopic (exact) mass is 453 g/mol. The van der Waals surface area contributed by atoms with Gasteiger partial charge in [0.2, 0.25) is 0 Å². The Hall–Kier alpha value is -0.0100. The molecule has 124 valence electrons. The fourth-order valence-corrected chi connectivity index (χ4v) is 4.78. The van der Waals surface area contributed by atoms with E-state index in [4.69, 9.17) is 11.6 Å². The molecule has 1 aromatic rings. The number of thiophene rings is 1. The van der Waals surface area contributed by atoms with Gasteiger partial charge >= 0.3 is 0 Å². The third-order valence-electron chi connectivity index (χ3n) is 4.77. The summed E-state index contributed by atoms with van der Waals surface area (Å²) in [5.41, 5.74) is 0. The third-order valence-corrected chi connectivity index (χ3v) is 6.06. The van der Waals surface area contributed by atoms with Crippen molar-refractivity contribution in [3.63, 3.8) is 0 Å². The summed E-state index contributed by atoms with van der Waals surface area (Å²) in [6.45, 7) is 3.31. The van der Waals surface area contributed by atoms with Crippen molar-refractivity contribution in [2.45, 2.75) is 32.1 Å². The van der Waals surface area contributed by atoms with Crippen molar-refractivity contribution >= 4 is 52.9 Å². The molecule has 2 aliphatic rings. The van der Waals surface area contributed by atoms with Crippen molar-refractivity contribution in [1.82, 2.24) is 10.2 Å². The number of halogens is 2. The van der Waals surface area contributed by atoms with Crippen molar-refractivity contribution in [2.75, 3.05) is 26.7 Å². The predicted octanol–water partition coefficient (Wildman–Crippen LogP) is 4.26. The zero-order valence-corrected chi connectivity index (χ0v) is 17.0. The SMILES string of the molecule is CN=C(NCCc1ccc(Cl)s1)N1CC2CCCCC2C1.I. The average molecular weight is 454 g/mol. The lowest BCUT2D eigenvalue weighted by Gasteiger charge is -2.22. The van der Waals surface area contributed by atoms with Gasteiger partial charge in [-0.2, -0.15) is 0 Å². The molecule has 3 nitrogen and oxygen atoms in total. The van der Waals surface area contributed by atoms with Crippen LogP contribution in [-0.4, -0.2) is 37.5 Å². The zero-order chi connectivity index (χ0) is 14.7. The topological polar surface area (TPSA) is 27.6 Å². The predicted molar refractivity (Wildman–Crippen MR) is 107 cm³/mol. The summed E-state index contributed by atoms with van der Waals surface area (Å²) < 4.78 is 0.873. The normalized spacial score (nSPS) is 24.8. The van der Waals surface area contributed by atoms with E-state index in [0.717, 1.165) is 35.1 Å². The molecule has 6 heteroatoms. The quantitative estimate of drug-likeness (QED) is 0.421. The van der Waals surface area contributed by atoms with Gasteiger partial charge < -0.3 is 10.2 Å². The number of hydrogen-bond donors (Lipinski definition) is 1. The molecule has 0 radical (unpaired) electrons. The lowest BCUT2D eigenvalue weighted by atomic mass is 9.82. The van der Waals surface area contributed by atoms with E-state index >= 15 is 0 Å². The first-order valence-corrected chi connectivity index (χ1v) is 9.15. The standard InChI is InChI=1S/C16H24ClN3S.HI/c1-18-16(19-9-8-14-6-7-15(17)21-14)20-10-12-4-2-3-5-13(12)11-20;/h6-7,12-13H,2-5,8-11H2,1H3,(H,18,19);1H. The first-order valence-electron chi connectivity index (χ1n) is 7.96. The maximum atomic E-state index is 5.97. The minimum Gasteiger partial charge on any atom is -0.356 e. The fourth-order valence-electron chi connectivity index (χ4n) is 3.69. The Balaban J connectivity index is 0.00000176. The van der Waals surface area contributed by atoms with Crippen molar-refractivity contribution in [1.29, 1.82) is 0 Å². The van der Waals surface area contributed by atoms with E-state index < -0.39 is 0 Å². The summed E-state index contributed by atoms with van der Waals surface area (Å²) in [6, 6.07) is 4.09. The van der Waals surface area contributed by atoms with E-state index in [2.05, 4.69) is 21.3 Å². The molecule has 2 atom stereocenters. The number of likely N-dealkylation sites (tertiary alicyclic amines) is 1. The van der Waals surface area contributed by atoms with E-state index in [1.165, 1.54) is 43.6 Å². The van der Waals surface area contributed by atoms with Gasteiger partial charge in [-0.15, -0.1) is 35.3 Å². The Morgan fingerprint density at radius 1 is 1.32 bits per heavy atom. The molecular weight excluding hydrogens is 429 g/mol. The van der Waals surface area contributed by atoms with Gasteiger partial charge in [0.25, 0.3) is 0 Å². The molecule has 0 bridgehead atoms. The molecule has 22 heavy (non-hydrogen) atoms. The summed E-state index contributed by atoms with van der Waals surface area (Å²) in [5.74, 6) is 2.87. The molecule has 0 aromatic carbocycles. The molecule has 3 rings (SSSR count). The van der Waals surface area contributed by atoms with Crippen molar-refractivity contribution < 1.29 is 0 Å². The minimum absolute atomic E-state index is 0. The zero-order valence-electron chi connectivity index (χ0n) is 13.1. The first kappa shape index (κ1) is 18.3. The lowest BCUT2D eigenvalue weighted by molar-refractivity contribution is 0.299. The van der Waals surface area contributed by atoms with Crippen LogP contribution in [0.4, 0.5) is 0 Å². The molecule has 1 aliphatic heterocycles. The van der Waals surface area contributed by atoms with Gasteiger partial charge in [-0.25, -0.2) is 0 Å². The van der Waals surface area contributed by atoms with Crippen LogP contribution in [0.5, 0.6) is 0 Å². The number of nitrogens with zero attached hydrogens (tertiary/aromatic N) is 2. The number of rotatable bonds is 3. The van der Waals surface area contributed by atoms with Crippen LogP contribution in [-0.2, 0) is 6.42 Å². The molecule has 2 heterocycles. The average Bonchev–Trinajstić information content (AvgIpc) is 3.09. The number of hydrogen-bond acceptors (Lipinski definition) is 2. The maximum Gasteiger partial charge on any atom is 0.193 e. The maximum absolute atomic E-state index is 5.97. The van der Waals surface area contributed by atoms with Gasteiger partial charge in [-0.05, 0) is 43.2 Å². The highest BCUT2D eigenvalue weighted by molar-refractivity contribution is 14.0. The van der Waals surface area contributed by atoms with Gasteiger partial charge in [-0.1, -0.05) is 24.4 Å². The molecular formula is C16H25ClIN3S. The van der Waals surface area contributed by atoms with Crippen LogP contribution in [0.2, 0.25) is 4.34 Å². The van der Waals surface area contributed by atoms with Crippen LogP contribution in [0.15, 0.2) is 17.1 Å². The Bertz CT molecular complexity index is 491. The van der Waals surface area contributed by atoms with Crippen LogP contribution in [0.1, 0.15) is 30.6 Å². The van der Waals surface area contributed by atoms with E-state index in [1.54, 1.807) is 11.3 Å². The second kappa shape index (κ2) is 8.73. The van der Waals surface area contributed by atoms with Gasteiger partial charge in [-0.3, -0.25) is 4.99 Å². The van der Waals surface area contributed by atoms with Crippen LogP contribution < -0.4 is 5.32 Å². The van der Waals surface area contributed by atoms with Gasteiger partial charge in [0.05, 0.1) is 4.34 Å². The number of aliphatic imine (C=N–C) groups is 1. The molecule has 2 unspecified atom stereocenters. The van der Waals surface area contributed by atoms with Crippen LogP contribution >= 0.6 is 46.9 Å². The molecule has 0 spiro atoms. The molecule has 2 fully saturated rings. The third kappa shape index (κ3) is 4.51. The smallest absolute Gasteiger partial charge is 0.193 e. The second-order valence-electron chi connectivity index (χ2n) is 6.14. The molecule has 1 aliphatic carbocycles. The van der Waals surface area contributed by atoms with E-state index in [-0.39, 0.29) is 24.0 Å². The summed E-state index contributed by atoms with van der Waals surface area (Å²) in [6.07, 6.45) is 6.66. The Morgan fingerprint density at radius 2 is 2.00 bits per heavy atom. The largest absolute Gasteiger partial charge is 0.356 e. The summed E-state index contributed by atoms with van der Waals surface area (Å²) >= 11 is 7.64. The van der Waals surface area contributed by atoms with Crippen molar-refractivity contribution in [3.8, 4) is 0 Å². The van der Waals surface area contributed by atoms with E-state index in [0.29, 0.717) is 0 Å². The highest BCUT2D eigenvalue weighted by atomic mass is 127. The Labute approximate surface area is 159 Å². The molecule has 1 saturated heterocycles. The van der Waals surface area contributed by atoms with Gasteiger partial charge in [0.1, 0.15) is 0 Å². The van der Waals surface area contributed by atoms with Gasteiger partial charge in [0, 0.05) is 31.6 Å². The van der Waals surface area contributed by atoms with Gasteiger partial charge in [0.15, 0.2) is 5.96 Å². The number of guanidine groups is 1. The molecule has 1 aromatic heterocycles. The van der Waals surface area contributed by atoms with E-state index in [1.807, 2.05) is 13.1 Å². The van der Waals surface area contributed by atoms with E-state index in [9.17, 15) is 0 Å². The van der Waals surface area contributed by atoms with Crippen molar-refractivity contribution in [2.24, 2.45) is 16.8 Å². The number of fused-ring (bicyclic) bond motifs is 1. The number of nitrogens with one attached hydrogen (secondary N) is 1. The minimum atomic E-state index is 0. The first-order chi connectivity index (χ1) is 10.3. The summed E-state index contributed by atoms with van der Waals surface area (Å²) in [7, 11) is 1.90.